The number of hydrogen-bond acceptors (Lipinski definition) is 7. The topological polar surface area (TPSA) is 91.9 Å². The average Bonchev–Trinajstić information content (AvgIpc) is 3.28. The van der Waals surface area contributed by atoms with Gasteiger partial charge in [-0.15, -0.1) is 5.10 Å². The Labute approximate surface area is 174 Å². The number of nitrogens with zero attached hydrogens (tertiary/aromatic N) is 5. The van der Waals surface area contributed by atoms with E-state index in [1.807, 2.05) is 31.2 Å². The predicted octanol–water partition coefficient (Wildman–Crippen LogP) is 3.39. The minimum Gasteiger partial charge on any atom is -0.492 e. The molecule has 0 amide bonds. The maximum atomic E-state index is 6.19. The number of halogens is 1. The molecule has 0 radical (unpaired) electrons. The van der Waals surface area contributed by atoms with Crippen LogP contribution < -0.4 is 10.1 Å². The molecule has 1 aliphatic rings. The van der Waals surface area contributed by atoms with Crippen LogP contribution in [0.4, 0.5) is 5.82 Å². The van der Waals surface area contributed by atoms with Crippen LogP contribution >= 0.6 is 11.6 Å². The summed E-state index contributed by atoms with van der Waals surface area (Å²) in [5, 5.41) is 18.0. The number of rotatable bonds is 7. The summed E-state index contributed by atoms with van der Waals surface area (Å²) in [6.45, 7) is 5.55. The van der Waals surface area contributed by atoms with Crippen molar-refractivity contribution in [2.24, 2.45) is 0 Å². The van der Waals surface area contributed by atoms with Crippen LogP contribution in [-0.2, 0) is 6.54 Å². The molecule has 2 aromatic heterocycles. The minimum absolute atomic E-state index is 0.417. The highest BCUT2D eigenvalue weighted by Crippen LogP contribution is 2.27. The maximum absolute atomic E-state index is 6.19. The van der Waals surface area contributed by atoms with E-state index >= 15 is 0 Å². The van der Waals surface area contributed by atoms with E-state index in [-0.39, 0.29) is 0 Å². The van der Waals surface area contributed by atoms with E-state index in [4.69, 9.17) is 16.3 Å². The number of piperidine rings is 1. The molecule has 29 heavy (non-hydrogen) atoms. The lowest BCUT2D eigenvalue weighted by Crippen LogP contribution is -2.38. The first-order chi connectivity index (χ1) is 14.2. The van der Waals surface area contributed by atoms with Gasteiger partial charge in [-0.1, -0.05) is 17.7 Å². The van der Waals surface area contributed by atoms with Gasteiger partial charge in [0, 0.05) is 37.4 Å². The molecule has 152 valence electrons. The first-order valence-corrected chi connectivity index (χ1v) is 10.2. The fourth-order valence-corrected chi connectivity index (χ4v) is 3.69. The largest absolute Gasteiger partial charge is 0.492 e. The van der Waals surface area contributed by atoms with E-state index in [0.717, 1.165) is 49.6 Å². The fraction of sp³-hybridized carbons (Fsp3) is 0.400. The summed E-state index contributed by atoms with van der Waals surface area (Å²) in [4.78, 5) is 6.95. The second kappa shape index (κ2) is 9.19. The molecule has 1 fully saturated rings. The Kier molecular flexibility index (Phi) is 6.21. The highest BCUT2D eigenvalue weighted by atomic mass is 35.5. The van der Waals surface area contributed by atoms with Crippen molar-refractivity contribution in [3.05, 3.63) is 47.1 Å². The SMILES string of the molecule is CCOc1cc(CN2CCC(Nc3ccc(-c4nnn[nH]4)cn3)CC2)ccc1Cl. The summed E-state index contributed by atoms with van der Waals surface area (Å²) >= 11 is 6.19. The normalized spacial score (nSPS) is 15.4. The molecule has 2 N–H and O–H groups in total. The zero-order valence-corrected chi connectivity index (χ0v) is 17.1. The van der Waals surface area contributed by atoms with Crippen molar-refractivity contribution in [1.29, 1.82) is 0 Å². The Morgan fingerprint density at radius 1 is 1.24 bits per heavy atom. The zero-order valence-electron chi connectivity index (χ0n) is 16.3. The molecule has 9 heteroatoms. The zero-order chi connectivity index (χ0) is 20.1. The van der Waals surface area contributed by atoms with E-state index in [9.17, 15) is 0 Å². The van der Waals surface area contributed by atoms with Gasteiger partial charge in [0.25, 0.3) is 0 Å². The number of H-pyrrole nitrogens is 1. The fourth-order valence-electron chi connectivity index (χ4n) is 3.52. The van der Waals surface area contributed by atoms with Crippen LogP contribution in [0.5, 0.6) is 5.75 Å². The molecule has 0 saturated carbocycles. The van der Waals surface area contributed by atoms with Crippen molar-refractivity contribution in [2.45, 2.75) is 32.4 Å². The van der Waals surface area contributed by atoms with Gasteiger partial charge in [0.2, 0.25) is 0 Å². The maximum Gasteiger partial charge on any atom is 0.180 e. The highest BCUT2D eigenvalue weighted by molar-refractivity contribution is 6.32. The van der Waals surface area contributed by atoms with E-state index < -0.39 is 0 Å². The summed E-state index contributed by atoms with van der Waals surface area (Å²) in [5.41, 5.74) is 2.09. The summed E-state index contributed by atoms with van der Waals surface area (Å²) in [7, 11) is 0. The highest BCUT2D eigenvalue weighted by Gasteiger charge is 2.20. The summed E-state index contributed by atoms with van der Waals surface area (Å²) in [5.74, 6) is 2.25. The van der Waals surface area contributed by atoms with E-state index in [2.05, 4.69) is 41.9 Å². The van der Waals surface area contributed by atoms with Gasteiger partial charge >= 0.3 is 0 Å². The van der Waals surface area contributed by atoms with Gasteiger partial charge in [-0.3, -0.25) is 4.90 Å². The number of likely N-dealkylation sites (tertiary alicyclic amines) is 1. The minimum atomic E-state index is 0.417. The van der Waals surface area contributed by atoms with Crippen LogP contribution in [-0.4, -0.2) is 56.2 Å². The van der Waals surface area contributed by atoms with Crippen LogP contribution in [0.25, 0.3) is 11.4 Å². The Morgan fingerprint density at radius 2 is 2.10 bits per heavy atom. The molecule has 0 unspecified atom stereocenters. The molecule has 1 aromatic carbocycles. The number of pyridine rings is 1. The number of hydrogen-bond donors (Lipinski definition) is 2. The molecule has 4 rings (SSSR count). The lowest BCUT2D eigenvalue weighted by atomic mass is 10.0. The molecule has 1 aliphatic heterocycles. The first kappa shape index (κ1) is 19.6. The van der Waals surface area contributed by atoms with Crippen molar-refractivity contribution < 1.29 is 4.74 Å². The molecule has 3 heterocycles. The summed E-state index contributed by atoms with van der Waals surface area (Å²) < 4.78 is 5.60. The van der Waals surface area contributed by atoms with Crippen LogP contribution in [0.2, 0.25) is 5.02 Å². The molecule has 0 bridgehead atoms. The molecule has 0 spiro atoms. The second-order valence-electron chi connectivity index (χ2n) is 7.07. The number of benzene rings is 1. The molecule has 8 nitrogen and oxygen atoms in total. The quantitative estimate of drug-likeness (QED) is 0.613. The molecule has 1 saturated heterocycles. The molecule has 0 atom stereocenters. The first-order valence-electron chi connectivity index (χ1n) is 9.81. The van der Waals surface area contributed by atoms with Crippen molar-refractivity contribution in [3.63, 3.8) is 0 Å². The third kappa shape index (κ3) is 5.02. The van der Waals surface area contributed by atoms with Gasteiger partial charge in [-0.2, -0.15) is 0 Å². The van der Waals surface area contributed by atoms with Crippen LogP contribution in [0.15, 0.2) is 36.5 Å². The molecule has 3 aromatic rings. The predicted molar refractivity (Wildman–Crippen MR) is 112 cm³/mol. The van der Waals surface area contributed by atoms with Gasteiger partial charge < -0.3 is 10.1 Å². The van der Waals surface area contributed by atoms with Crippen molar-refractivity contribution in [2.75, 3.05) is 25.0 Å². The Bertz CT molecular complexity index is 909. The second-order valence-corrected chi connectivity index (χ2v) is 7.48. The number of tetrazole rings is 1. The molecular formula is C20H24ClN7O. The number of aromatic amines is 1. The van der Waals surface area contributed by atoms with Crippen molar-refractivity contribution >= 4 is 17.4 Å². The molecule has 0 aliphatic carbocycles. The average molecular weight is 414 g/mol. The van der Waals surface area contributed by atoms with Crippen molar-refractivity contribution in [1.82, 2.24) is 30.5 Å². The van der Waals surface area contributed by atoms with Gasteiger partial charge in [0.05, 0.1) is 11.6 Å². The number of anilines is 1. The Balaban J connectivity index is 1.28. The third-order valence-corrected chi connectivity index (χ3v) is 5.34. The van der Waals surface area contributed by atoms with E-state index in [0.29, 0.717) is 23.5 Å². The smallest absolute Gasteiger partial charge is 0.180 e. The Morgan fingerprint density at radius 3 is 2.79 bits per heavy atom. The van der Waals surface area contributed by atoms with Crippen LogP contribution in [0, 0.1) is 0 Å². The standard InChI is InChI=1S/C20H24ClN7O/c1-2-29-18-11-14(3-5-17(18)21)13-28-9-7-16(8-10-28)23-19-6-4-15(12-22-19)20-24-26-27-25-20/h3-6,11-12,16H,2,7-10,13H2,1H3,(H,22,23)(H,24,25,26,27). The monoisotopic (exact) mass is 413 g/mol. The van der Waals surface area contributed by atoms with Gasteiger partial charge in [0.1, 0.15) is 11.6 Å². The third-order valence-electron chi connectivity index (χ3n) is 5.02. The van der Waals surface area contributed by atoms with Gasteiger partial charge in [-0.25, -0.2) is 10.1 Å². The van der Waals surface area contributed by atoms with E-state index in [1.165, 1.54) is 5.56 Å². The van der Waals surface area contributed by atoms with Gasteiger partial charge in [0.15, 0.2) is 5.82 Å². The number of nitrogens with one attached hydrogen (secondary N) is 2. The van der Waals surface area contributed by atoms with Crippen LogP contribution in [0.3, 0.4) is 0 Å². The lowest BCUT2D eigenvalue weighted by molar-refractivity contribution is 0.211. The number of ether oxygens (including phenoxy) is 1. The summed E-state index contributed by atoms with van der Waals surface area (Å²) in [6, 6.07) is 10.4. The molecular weight excluding hydrogens is 390 g/mol. The lowest BCUT2D eigenvalue weighted by Gasteiger charge is -2.32. The summed E-state index contributed by atoms with van der Waals surface area (Å²) in [6.07, 6.45) is 3.92. The van der Waals surface area contributed by atoms with Gasteiger partial charge in [-0.05, 0) is 60.0 Å². The Hall–Kier alpha value is -2.71. The van der Waals surface area contributed by atoms with Crippen molar-refractivity contribution in [3.8, 4) is 17.1 Å². The number of aromatic nitrogens is 5. The van der Waals surface area contributed by atoms with E-state index in [1.54, 1.807) is 6.20 Å². The van der Waals surface area contributed by atoms with Crippen LogP contribution in [0.1, 0.15) is 25.3 Å².